The third kappa shape index (κ3) is 17.5. The Morgan fingerprint density at radius 2 is 0.551 bits per heavy atom. The van der Waals surface area contributed by atoms with Crippen LogP contribution >= 0.6 is 0 Å². The van der Waals surface area contributed by atoms with Crippen LogP contribution in [0.15, 0.2) is 0 Å². The van der Waals surface area contributed by atoms with Gasteiger partial charge in [-0.25, -0.2) is 0 Å². The van der Waals surface area contributed by atoms with Gasteiger partial charge in [0.05, 0.1) is 52.9 Å². The highest BCUT2D eigenvalue weighted by atomic mass is 16.8. The monoisotopic (exact) mass is 1440 g/mol. The molecule has 40 atom stereocenters. The van der Waals surface area contributed by atoms with Crippen LogP contribution in [-0.2, 0) is 85.4 Å². The molecule has 0 saturated carbocycles. The first kappa shape index (κ1) is 80.6. The smallest absolute Gasteiger partial charge is 0.217 e. The van der Waals surface area contributed by atoms with Gasteiger partial charge in [0.1, 0.15) is 195 Å². The van der Waals surface area contributed by atoms with E-state index in [-0.39, 0.29) is 0 Å². The Kier molecular flexibility index (Phi) is 28.9. The van der Waals surface area contributed by atoms with Crippen LogP contribution < -0.4 is 16.0 Å². The van der Waals surface area contributed by atoms with Crippen molar-refractivity contribution in [2.45, 2.75) is 266 Å². The molecule has 0 aromatic rings. The second kappa shape index (κ2) is 35.1. The highest BCUT2D eigenvalue weighted by Gasteiger charge is 2.60. The van der Waals surface area contributed by atoms with E-state index in [1.54, 1.807) is 0 Å². The molecule has 44 nitrogen and oxygen atoms in total. The van der Waals surface area contributed by atoms with Crippen LogP contribution in [-0.4, -0.2) is 433 Å². The van der Waals surface area contributed by atoms with Gasteiger partial charge in [0.15, 0.2) is 50.3 Å². The summed E-state index contributed by atoms with van der Waals surface area (Å²) in [5.74, 6) is -2.65. The normalized spacial score (nSPS) is 49.5. The predicted octanol–water partition coefficient (Wildman–Crippen LogP) is -18.0. The summed E-state index contributed by atoms with van der Waals surface area (Å²) in [6, 6.07) is -5.48. The topological polar surface area (TPSA) is 691 Å². The number of carbonyl (C=O) groups is 3. The lowest BCUT2D eigenvalue weighted by Crippen LogP contribution is -2.70. The van der Waals surface area contributed by atoms with Gasteiger partial charge in [-0.15, -0.1) is 0 Å². The summed E-state index contributed by atoms with van der Waals surface area (Å²) in [5, 5.41) is 259. The van der Waals surface area contributed by atoms with Gasteiger partial charge in [-0.2, -0.15) is 0 Å². The zero-order valence-corrected chi connectivity index (χ0v) is 52.4. The summed E-state index contributed by atoms with van der Waals surface area (Å²) in [5.41, 5.74) is 0. The minimum atomic E-state index is -2.45. The molecule has 44 heteroatoms. The predicted molar refractivity (Wildman–Crippen MR) is 299 cm³/mol. The van der Waals surface area contributed by atoms with Gasteiger partial charge in [0.25, 0.3) is 0 Å². The van der Waals surface area contributed by atoms with Crippen LogP contribution in [0.5, 0.6) is 0 Å². The van der Waals surface area contributed by atoms with Crippen molar-refractivity contribution in [2.75, 3.05) is 52.9 Å². The Morgan fingerprint density at radius 1 is 0.265 bits per heavy atom. The molecule has 0 bridgehead atoms. The molecule has 8 saturated heterocycles. The number of ether oxygens (including phenoxy) is 15. The van der Waals surface area contributed by atoms with Gasteiger partial charge in [-0.1, -0.05) is 0 Å². The molecule has 26 N–H and O–H groups in total. The second-order valence-electron chi connectivity index (χ2n) is 24.6. The number of rotatable bonds is 25. The summed E-state index contributed by atoms with van der Waals surface area (Å²) >= 11 is 0. The first-order valence-electron chi connectivity index (χ1n) is 31.1. The number of amides is 3. The number of carbonyl (C=O) groups excluding carboxylic acids is 3. The third-order valence-corrected chi connectivity index (χ3v) is 17.8. The zero-order valence-electron chi connectivity index (χ0n) is 52.4. The van der Waals surface area contributed by atoms with E-state index in [4.69, 9.17) is 71.1 Å². The molecule has 0 aromatic carbocycles. The fraction of sp³-hybridized carbons (Fsp3) is 0.944. The summed E-state index contributed by atoms with van der Waals surface area (Å²) in [6.07, 6.45) is -75.2. The summed E-state index contributed by atoms with van der Waals surface area (Å²) in [6.45, 7) is -5.49. The first-order valence-corrected chi connectivity index (χ1v) is 31.1. The average molecular weight is 1440 g/mol. The lowest BCUT2D eigenvalue weighted by molar-refractivity contribution is -0.397. The average Bonchev–Trinajstić information content (AvgIpc) is 0.779. The van der Waals surface area contributed by atoms with E-state index in [1.165, 1.54) is 0 Å². The molecule has 3 amide bonds. The minimum absolute atomic E-state index is 0.827. The maximum atomic E-state index is 12.8. The second-order valence-corrected chi connectivity index (χ2v) is 24.6. The fourth-order valence-corrected chi connectivity index (χ4v) is 12.6. The Balaban J connectivity index is 1.10. The van der Waals surface area contributed by atoms with Crippen molar-refractivity contribution in [3.63, 3.8) is 0 Å². The molecule has 98 heavy (non-hydrogen) atoms. The van der Waals surface area contributed by atoms with E-state index in [2.05, 4.69) is 16.0 Å². The quantitative estimate of drug-likeness (QED) is 0.0404. The van der Waals surface area contributed by atoms with Crippen molar-refractivity contribution < 1.29 is 203 Å². The molecule has 0 spiro atoms. The van der Waals surface area contributed by atoms with Crippen LogP contribution in [0.25, 0.3) is 0 Å². The molecular formula is C54H91N3O41. The molecule has 8 rings (SSSR count). The maximum absolute atomic E-state index is 12.8. The Hall–Kier alpha value is -3.11. The number of aliphatic hydroxyl groups is 23. The summed E-state index contributed by atoms with van der Waals surface area (Å²) < 4.78 is 87.8. The molecule has 568 valence electrons. The van der Waals surface area contributed by atoms with Crippen LogP contribution in [0.3, 0.4) is 0 Å². The Bertz CT molecular complexity index is 2510. The number of hydrogen-bond donors (Lipinski definition) is 26. The van der Waals surface area contributed by atoms with Crippen molar-refractivity contribution >= 4 is 17.7 Å². The Morgan fingerprint density at radius 3 is 0.939 bits per heavy atom. The van der Waals surface area contributed by atoms with Gasteiger partial charge in [0, 0.05) is 20.8 Å². The van der Waals surface area contributed by atoms with Gasteiger partial charge >= 0.3 is 0 Å². The molecular weight excluding hydrogens is 1350 g/mol. The number of nitrogens with one attached hydrogen (secondary N) is 3. The minimum Gasteiger partial charge on any atom is -0.394 e. The molecule has 8 fully saturated rings. The Labute approximate surface area is 554 Å². The van der Waals surface area contributed by atoms with Crippen LogP contribution in [0.1, 0.15) is 20.8 Å². The molecule has 8 heterocycles. The molecule has 0 aliphatic carbocycles. The lowest BCUT2D eigenvalue weighted by Gasteiger charge is -2.51. The van der Waals surface area contributed by atoms with E-state index in [9.17, 15) is 132 Å². The number of aliphatic hydroxyl groups excluding tert-OH is 23. The summed E-state index contributed by atoms with van der Waals surface area (Å²) in [4.78, 5) is 37.8. The van der Waals surface area contributed by atoms with E-state index >= 15 is 0 Å². The largest absolute Gasteiger partial charge is 0.394 e. The van der Waals surface area contributed by atoms with Crippen molar-refractivity contribution in [3.05, 3.63) is 0 Å². The van der Waals surface area contributed by atoms with E-state index in [0.717, 1.165) is 20.8 Å². The SMILES string of the molecule is CC(=O)N[C@@H]1[C@@H](O)[C@H](O[C@@H]2O[C@H](CO[C@H]3O[C@H](CO)[C@@H](O)[C@H](O)[C@@H]3O[C@@H]3O[C@H](CO)[C@@H](O[C@@H]4O[C@H](CO)[C@@H](O)[C@H](O)[C@H]4O)[C@H](O)[C@H]3NC(C)=O)[C@@H](O)[C@H](O[C@H]3O[C@H](CO)[C@@H](O)[C@H](O)[C@@H]3O[C@@H]3O[C@H](CO)[C@@H](O[C@@H]4O[C@H](CO)[C@@H](O)[C@H](O)[C@H]4O)[C@H](O)[C@H]3NC(C)=O)[C@@H]2O)[C@@H](CO)O[C@H]1O. The molecule has 0 aromatic heterocycles. The van der Waals surface area contributed by atoms with Crippen molar-refractivity contribution in [1.29, 1.82) is 0 Å². The zero-order chi connectivity index (χ0) is 72.2. The highest BCUT2D eigenvalue weighted by molar-refractivity contribution is 5.74. The fourth-order valence-electron chi connectivity index (χ4n) is 12.6. The van der Waals surface area contributed by atoms with Gasteiger partial charge in [-0.3, -0.25) is 14.4 Å². The third-order valence-electron chi connectivity index (χ3n) is 17.8. The van der Waals surface area contributed by atoms with Crippen molar-refractivity contribution in [1.82, 2.24) is 16.0 Å². The lowest BCUT2D eigenvalue weighted by atomic mass is 9.94. The van der Waals surface area contributed by atoms with Gasteiger partial charge in [0.2, 0.25) is 17.7 Å². The van der Waals surface area contributed by atoms with E-state index < -0.39 is 316 Å². The van der Waals surface area contributed by atoms with E-state index in [1.807, 2.05) is 0 Å². The molecule has 0 unspecified atom stereocenters. The van der Waals surface area contributed by atoms with Gasteiger partial charge in [-0.05, 0) is 0 Å². The van der Waals surface area contributed by atoms with Gasteiger partial charge < -0.3 is 204 Å². The maximum Gasteiger partial charge on any atom is 0.217 e. The van der Waals surface area contributed by atoms with E-state index in [0.29, 0.717) is 0 Å². The standard InChI is InChI=1S/C54H91N3O41/c1-12(65)55-23-31(73)41(19(8-62)85-47(23)83)95-52-40(82)44(96-54-46(37(79)29(71)18(7-61)89-54)98-49-25(57-14(3)67)33(75)43(21(10-64)91-49)94-51-39(81)35(77)27(69)16(5-59)87-51)30(72)22(92-52)11-84-53-45(36(78)28(70)17(6-60)88-53)97-48-24(56-13(2)66)32(74)42(20(9-63)90-48)93-50-38(80)34(76)26(68)15(4-58)86-50/h15-54,58-64,68-83H,4-11H2,1-3H3,(H,55,65)(H,56,66)(H,57,67)/t15-,16-,17-,18-,19-,20-,21-,22-,23-,24-,25-,26-,27-,28-,29-,30-,31-,32-,33-,34+,35+,36+,37+,38-,39-,40+,41-,42-,43-,44+,45+,46+,47-,48+,49+,50+,51+,52+,53+,54-/m1/s1. The van der Waals surface area contributed by atoms with Crippen LogP contribution in [0, 0.1) is 0 Å². The number of hydrogen-bond acceptors (Lipinski definition) is 41. The van der Waals surface area contributed by atoms with Crippen LogP contribution in [0.4, 0.5) is 0 Å². The molecule has 0 radical (unpaired) electrons. The highest BCUT2D eigenvalue weighted by Crippen LogP contribution is 2.39. The first-order chi connectivity index (χ1) is 46.4. The van der Waals surface area contributed by atoms with Crippen molar-refractivity contribution in [3.8, 4) is 0 Å². The summed E-state index contributed by atoms with van der Waals surface area (Å²) in [7, 11) is 0. The molecule has 8 aliphatic heterocycles. The van der Waals surface area contributed by atoms with Crippen molar-refractivity contribution in [2.24, 2.45) is 0 Å². The van der Waals surface area contributed by atoms with Crippen LogP contribution in [0.2, 0.25) is 0 Å². The molecule has 8 aliphatic rings.